The molecule has 30 heavy (non-hydrogen) atoms. The summed E-state index contributed by atoms with van der Waals surface area (Å²) in [5, 5.41) is 0.506. The number of benzene rings is 3. The zero-order valence-electron chi connectivity index (χ0n) is 16.1. The van der Waals surface area contributed by atoms with Crippen LogP contribution in [0.4, 0.5) is 0 Å². The van der Waals surface area contributed by atoms with Crippen molar-refractivity contribution in [2.75, 3.05) is 6.54 Å². The van der Waals surface area contributed by atoms with Gasteiger partial charge in [0.2, 0.25) is 10.0 Å². The van der Waals surface area contributed by atoms with Crippen molar-refractivity contribution in [2.45, 2.75) is 24.5 Å². The van der Waals surface area contributed by atoms with Crippen LogP contribution in [0.15, 0.2) is 77.7 Å². The molecule has 1 aliphatic heterocycles. The highest BCUT2D eigenvalue weighted by Crippen LogP contribution is 2.25. The minimum absolute atomic E-state index is 0.0123. The van der Waals surface area contributed by atoms with Gasteiger partial charge in [-0.05, 0) is 41.8 Å². The number of esters is 1. The molecule has 0 aliphatic carbocycles. The van der Waals surface area contributed by atoms with Crippen LogP contribution in [0.1, 0.15) is 27.0 Å². The van der Waals surface area contributed by atoms with Gasteiger partial charge >= 0.3 is 5.97 Å². The fourth-order valence-electron chi connectivity index (χ4n) is 3.45. The lowest BCUT2D eigenvalue weighted by Gasteiger charge is -2.28. The molecule has 0 amide bonds. The molecule has 0 N–H and O–H groups in total. The first-order chi connectivity index (χ1) is 14.4. The quantitative estimate of drug-likeness (QED) is 0.549. The number of carbonyl (C=O) groups excluding carboxylic acids is 1. The van der Waals surface area contributed by atoms with Crippen LogP contribution in [-0.4, -0.2) is 25.2 Å². The third-order valence-corrected chi connectivity index (χ3v) is 7.33. The van der Waals surface area contributed by atoms with Gasteiger partial charge in [0, 0.05) is 23.7 Å². The number of nitrogens with zero attached hydrogens (tertiary/aromatic N) is 1. The lowest BCUT2D eigenvalue weighted by atomic mass is 10.0. The van der Waals surface area contributed by atoms with Gasteiger partial charge in [-0.2, -0.15) is 4.31 Å². The smallest absolute Gasteiger partial charge is 0.338 e. The SMILES string of the molecule is O=C(OCc1ccccc1Cl)c1cccc(S(=O)(=O)N2CCc3ccccc3C2)c1. The van der Waals surface area contributed by atoms with E-state index < -0.39 is 16.0 Å². The predicted octanol–water partition coefficient (Wildman–Crippen LogP) is 4.44. The third-order valence-electron chi connectivity index (χ3n) is 5.12. The number of fused-ring (bicyclic) bond motifs is 1. The Bertz CT molecular complexity index is 1190. The molecule has 0 fully saturated rings. The molecule has 7 heteroatoms. The van der Waals surface area contributed by atoms with Gasteiger partial charge in [0.25, 0.3) is 0 Å². The second kappa shape index (κ2) is 8.60. The molecule has 3 aromatic rings. The number of hydrogen-bond donors (Lipinski definition) is 0. The van der Waals surface area contributed by atoms with Gasteiger partial charge < -0.3 is 4.74 Å². The van der Waals surface area contributed by atoms with Crippen molar-refractivity contribution in [1.29, 1.82) is 0 Å². The van der Waals surface area contributed by atoms with Crippen molar-refractivity contribution in [3.63, 3.8) is 0 Å². The van der Waals surface area contributed by atoms with Crippen LogP contribution < -0.4 is 0 Å². The zero-order chi connectivity index (χ0) is 21.1. The van der Waals surface area contributed by atoms with E-state index in [2.05, 4.69) is 0 Å². The minimum atomic E-state index is -3.73. The van der Waals surface area contributed by atoms with E-state index in [-0.39, 0.29) is 17.1 Å². The van der Waals surface area contributed by atoms with Crippen molar-refractivity contribution in [3.05, 3.63) is 100 Å². The van der Waals surface area contributed by atoms with E-state index in [4.69, 9.17) is 16.3 Å². The van der Waals surface area contributed by atoms with Crippen molar-refractivity contribution in [1.82, 2.24) is 4.31 Å². The molecule has 5 nitrogen and oxygen atoms in total. The van der Waals surface area contributed by atoms with E-state index in [0.717, 1.165) is 5.56 Å². The summed E-state index contributed by atoms with van der Waals surface area (Å²) >= 11 is 6.08. The Labute approximate surface area is 180 Å². The first kappa shape index (κ1) is 20.6. The molecule has 3 aromatic carbocycles. The fraction of sp³-hybridized carbons (Fsp3) is 0.174. The predicted molar refractivity (Wildman–Crippen MR) is 115 cm³/mol. The normalized spacial score (nSPS) is 14.2. The molecular formula is C23H20ClNO4S. The summed E-state index contributed by atoms with van der Waals surface area (Å²) in [6.45, 7) is 0.735. The molecule has 0 spiro atoms. The zero-order valence-corrected chi connectivity index (χ0v) is 17.7. The second-order valence-electron chi connectivity index (χ2n) is 7.05. The molecule has 0 radical (unpaired) electrons. The number of rotatable bonds is 5. The maximum absolute atomic E-state index is 13.2. The number of sulfonamides is 1. The summed E-state index contributed by atoms with van der Waals surface area (Å²) in [7, 11) is -3.73. The molecule has 0 saturated carbocycles. The first-order valence-corrected chi connectivity index (χ1v) is 11.3. The number of hydrogen-bond acceptors (Lipinski definition) is 4. The van der Waals surface area contributed by atoms with Crippen molar-refractivity contribution in [2.24, 2.45) is 0 Å². The van der Waals surface area contributed by atoms with Crippen molar-refractivity contribution >= 4 is 27.6 Å². The van der Waals surface area contributed by atoms with Crippen LogP contribution in [0.25, 0.3) is 0 Å². The third kappa shape index (κ3) is 4.26. The van der Waals surface area contributed by atoms with Crippen molar-refractivity contribution in [3.8, 4) is 0 Å². The van der Waals surface area contributed by atoms with Gasteiger partial charge in [0.05, 0.1) is 10.5 Å². The average Bonchev–Trinajstić information content (AvgIpc) is 2.78. The van der Waals surface area contributed by atoms with E-state index in [1.54, 1.807) is 36.4 Å². The largest absolute Gasteiger partial charge is 0.457 e. The maximum atomic E-state index is 13.2. The van der Waals surface area contributed by atoms with E-state index in [1.165, 1.54) is 22.0 Å². The van der Waals surface area contributed by atoms with Crippen LogP contribution in [0.5, 0.6) is 0 Å². The molecule has 1 aliphatic rings. The molecule has 0 unspecified atom stereocenters. The number of carbonyl (C=O) groups is 1. The highest BCUT2D eigenvalue weighted by Gasteiger charge is 2.28. The number of ether oxygens (including phenoxy) is 1. The Kier molecular flexibility index (Phi) is 5.90. The minimum Gasteiger partial charge on any atom is -0.457 e. The highest BCUT2D eigenvalue weighted by atomic mass is 35.5. The van der Waals surface area contributed by atoms with Crippen LogP contribution in [0, 0.1) is 0 Å². The summed E-state index contributed by atoms with van der Waals surface area (Å²) in [5.41, 5.74) is 3.03. The van der Waals surface area contributed by atoms with Crippen LogP contribution >= 0.6 is 11.6 Å². The maximum Gasteiger partial charge on any atom is 0.338 e. The summed E-state index contributed by atoms with van der Waals surface area (Å²) in [6, 6.07) is 20.9. The van der Waals surface area contributed by atoms with E-state index in [0.29, 0.717) is 30.1 Å². The topological polar surface area (TPSA) is 63.7 Å². The summed E-state index contributed by atoms with van der Waals surface area (Å²) in [6.07, 6.45) is 0.662. The molecule has 0 atom stereocenters. The van der Waals surface area contributed by atoms with Gasteiger partial charge in [0.1, 0.15) is 6.61 Å². The van der Waals surface area contributed by atoms with Gasteiger partial charge in [-0.25, -0.2) is 13.2 Å². The standard InChI is InChI=1S/C23H20ClNO4S/c24-22-11-4-3-8-20(22)16-29-23(26)18-9-5-10-21(14-18)30(27,28)25-13-12-17-6-1-2-7-19(17)15-25/h1-11,14H,12-13,15-16H2. The summed E-state index contributed by atoms with van der Waals surface area (Å²) in [4.78, 5) is 12.6. The Balaban J connectivity index is 1.51. The Morgan fingerprint density at radius 1 is 0.967 bits per heavy atom. The second-order valence-corrected chi connectivity index (χ2v) is 9.40. The molecule has 4 rings (SSSR count). The van der Waals surface area contributed by atoms with Gasteiger partial charge in [-0.15, -0.1) is 0 Å². The Hall–Kier alpha value is -2.67. The van der Waals surface area contributed by atoms with E-state index >= 15 is 0 Å². The number of halogens is 1. The summed E-state index contributed by atoms with van der Waals surface area (Å²) in [5.74, 6) is -0.601. The van der Waals surface area contributed by atoms with E-state index in [1.807, 2.05) is 24.3 Å². The van der Waals surface area contributed by atoms with E-state index in [9.17, 15) is 13.2 Å². The van der Waals surface area contributed by atoms with Gasteiger partial charge in [-0.3, -0.25) is 0 Å². The summed E-state index contributed by atoms with van der Waals surface area (Å²) < 4.78 is 33.1. The molecule has 0 saturated heterocycles. The molecule has 154 valence electrons. The van der Waals surface area contributed by atoms with Gasteiger partial charge in [0.15, 0.2) is 0 Å². The molecular weight excluding hydrogens is 422 g/mol. The Morgan fingerprint density at radius 3 is 2.50 bits per heavy atom. The lowest BCUT2D eigenvalue weighted by molar-refractivity contribution is 0.0472. The molecule has 0 bridgehead atoms. The van der Waals surface area contributed by atoms with Crippen molar-refractivity contribution < 1.29 is 17.9 Å². The molecule has 0 aromatic heterocycles. The molecule has 1 heterocycles. The van der Waals surface area contributed by atoms with Crippen LogP contribution in [-0.2, 0) is 34.3 Å². The monoisotopic (exact) mass is 441 g/mol. The first-order valence-electron chi connectivity index (χ1n) is 9.53. The Morgan fingerprint density at radius 2 is 1.70 bits per heavy atom. The highest BCUT2D eigenvalue weighted by molar-refractivity contribution is 7.89. The fourth-order valence-corrected chi connectivity index (χ4v) is 5.11. The van der Waals surface area contributed by atoms with Gasteiger partial charge in [-0.1, -0.05) is 60.1 Å². The van der Waals surface area contributed by atoms with Crippen LogP contribution in [0.2, 0.25) is 5.02 Å². The van der Waals surface area contributed by atoms with Crippen LogP contribution in [0.3, 0.4) is 0 Å². The average molecular weight is 442 g/mol. The lowest BCUT2D eigenvalue weighted by Crippen LogP contribution is -2.36.